The van der Waals surface area contributed by atoms with Crippen LogP contribution in [0.3, 0.4) is 0 Å². The maximum Gasteiger partial charge on any atom is 0.134 e. The lowest BCUT2D eigenvalue weighted by atomic mass is 10.1. The number of furan rings is 1. The summed E-state index contributed by atoms with van der Waals surface area (Å²) in [4.78, 5) is 4.55. The number of aryl methyl sites for hydroxylation is 2. The molecule has 21 heavy (non-hydrogen) atoms. The number of para-hydroxylation sites is 1. The molecule has 0 amide bonds. The van der Waals surface area contributed by atoms with E-state index in [9.17, 15) is 0 Å². The number of aromatic nitrogens is 1. The largest absolute Gasteiger partial charge is 0.461 e. The van der Waals surface area contributed by atoms with Gasteiger partial charge in [0.05, 0.1) is 6.04 Å². The SMILES string of the molecule is CCc1oc2ccccc2c1CNC(C)c1nc(C)cs1. The molecule has 3 rings (SSSR count). The summed E-state index contributed by atoms with van der Waals surface area (Å²) in [5.74, 6) is 1.08. The summed E-state index contributed by atoms with van der Waals surface area (Å²) in [5, 5.41) is 8.01. The second kappa shape index (κ2) is 6.00. The molecule has 3 aromatic rings. The molecule has 2 aromatic heterocycles. The van der Waals surface area contributed by atoms with Gasteiger partial charge >= 0.3 is 0 Å². The van der Waals surface area contributed by atoms with Gasteiger partial charge in [0.2, 0.25) is 0 Å². The molecule has 1 unspecified atom stereocenters. The summed E-state index contributed by atoms with van der Waals surface area (Å²) in [5.41, 5.74) is 3.34. The van der Waals surface area contributed by atoms with Gasteiger partial charge in [-0.3, -0.25) is 0 Å². The lowest BCUT2D eigenvalue weighted by Gasteiger charge is -2.11. The predicted molar refractivity (Wildman–Crippen MR) is 87.7 cm³/mol. The van der Waals surface area contributed by atoms with Crippen LogP contribution in [0.5, 0.6) is 0 Å². The maximum absolute atomic E-state index is 5.94. The van der Waals surface area contributed by atoms with E-state index in [1.165, 1.54) is 10.9 Å². The van der Waals surface area contributed by atoms with Crippen molar-refractivity contribution < 1.29 is 4.42 Å². The van der Waals surface area contributed by atoms with Crippen molar-refractivity contribution in [2.45, 2.75) is 39.8 Å². The molecule has 1 atom stereocenters. The third-order valence-electron chi connectivity index (χ3n) is 3.70. The van der Waals surface area contributed by atoms with Crippen molar-refractivity contribution in [3.8, 4) is 0 Å². The summed E-state index contributed by atoms with van der Waals surface area (Å²) in [6.45, 7) is 7.13. The van der Waals surface area contributed by atoms with E-state index in [2.05, 4.69) is 41.7 Å². The fourth-order valence-corrected chi connectivity index (χ4v) is 3.37. The van der Waals surface area contributed by atoms with Crippen LogP contribution in [0, 0.1) is 6.92 Å². The quantitative estimate of drug-likeness (QED) is 0.747. The van der Waals surface area contributed by atoms with Gasteiger partial charge in [0.1, 0.15) is 16.4 Å². The van der Waals surface area contributed by atoms with Crippen LogP contribution in [0.1, 0.15) is 41.9 Å². The summed E-state index contributed by atoms with van der Waals surface area (Å²) in [7, 11) is 0. The number of rotatable bonds is 5. The fourth-order valence-electron chi connectivity index (χ4n) is 2.54. The highest BCUT2D eigenvalue weighted by atomic mass is 32.1. The van der Waals surface area contributed by atoms with E-state index < -0.39 is 0 Å². The Balaban J connectivity index is 1.81. The summed E-state index contributed by atoms with van der Waals surface area (Å²) < 4.78 is 5.94. The molecule has 0 aliphatic carbocycles. The normalized spacial score (nSPS) is 12.9. The average molecular weight is 300 g/mol. The Kier molecular flexibility index (Phi) is 4.08. The third kappa shape index (κ3) is 2.87. The smallest absolute Gasteiger partial charge is 0.134 e. The number of fused-ring (bicyclic) bond motifs is 1. The van der Waals surface area contributed by atoms with Gasteiger partial charge in [-0.05, 0) is 19.9 Å². The van der Waals surface area contributed by atoms with Crippen LogP contribution < -0.4 is 5.32 Å². The highest BCUT2D eigenvalue weighted by molar-refractivity contribution is 7.09. The molecule has 1 N–H and O–H groups in total. The third-order valence-corrected chi connectivity index (χ3v) is 4.84. The van der Waals surface area contributed by atoms with Crippen molar-refractivity contribution >= 4 is 22.3 Å². The molecule has 2 heterocycles. The Morgan fingerprint density at radius 2 is 2.14 bits per heavy atom. The van der Waals surface area contributed by atoms with Crippen molar-refractivity contribution in [2.75, 3.05) is 0 Å². The van der Waals surface area contributed by atoms with E-state index in [1.807, 2.05) is 19.1 Å². The van der Waals surface area contributed by atoms with Gasteiger partial charge in [0.25, 0.3) is 0 Å². The molecule has 0 saturated heterocycles. The molecule has 1 aromatic carbocycles. The van der Waals surface area contributed by atoms with Crippen LogP contribution in [0.4, 0.5) is 0 Å². The Bertz CT molecular complexity index is 744. The topological polar surface area (TPSA) is 38.1 Å². The molecular weight excluding hydrogens is 280 g/mol. The number of benzene rings is 1. The highest BCUT2D eigenvalue weighted by Gasteiger charge is 2.14. The van der Waals surface area contributed by atoms with E-state index in [-0.39, 0.29) is 6.04 Å². The first-order valence-corrected chi connectivity index (χ1v) is 8.21. The van der Waals surface area contributed by atoms with Gasteiger partial charge in [0.15, 0.2) is 0 Å². The minimum Gasteiger partial charge on any atom is -0.461 e. The molecule has 0 saturated carbocycles. The molecule has 0 radical (unpaired) electrons. The van der Waals surface area contributed by atoms with Crippen molar-refractivity contribution in [3.05, 3.63) is 51.7 Å². The van der Waals surface area contributed by atoms with Crippen LogP contribution in [0.2, 0.25) is 0 Å². The second-order valence-corrected chi connectivity index (χ2v) is 6.17. The molecule has 3 nitrogen and oxygen atoms in total. The first kappa shape index (κ1) is 14.3. The van der Waals surface area contributed by atoms with Crippen LogP contribution in [0.15, 0.2) is 34.1 Å². The van der Waals surface area contributed by atoms with Gasteiger partial charge in [-0.1, -0.05) is 25.1 Å². The Labute approximate surface area is 129 Å². The lowest BCUT2D eigenvalue weighted by molar-refractivity contribution is 0.529. The number of thiazole rings is 1. The molecule has 0 aliphatic rings. The van der Waals surface area contributed by atoms with E-state index in [4.69, 9.17) is 4.42 Å². The van der Waals surface area contributed by atoms with Gasteiger partial charge in [-0.15, -0.1) is 11.3 Å². The average Bonchev–Trinajstić information content (AvgIpc) is 3.08. The Morgan fingerprint density at radius 3 is 2.86 bits per heavy atom. The summed E-state index contributed by atoms with van der Waals surface area (Å²) in [6, 6.07) is 8.50. The molecule has 0 spiro atoms. The van der Waals surface area contributed by atoms with Gasteiger partial charge in [-0.2, -0.15) is 0 Å². The van der Waals surface area contributed by atoms with Crippen LogP contribution >= 0.6 is 11.3 Å². The molecule has 4 heteroatoms. The van der Waals surface area contributed by atoms with Gasteiger partial charge < -0.3 is 9.73 Å². The molecule has 0 bridgehead atoms. The number of hydrogen-bond donors (Lipinski definition) is 1. The maximum atomic E-state index is 5.94. The Morgan fingerprint density at radius 1 is 1.33 bits per heavy atom. The second-order valence-electron chi connectivity index (χ2n) is 5.28. The monoisotopic (exact) mass is 300 g/mol. The lowest BCUT2D eigenvalue weighted by Crippen LogP contribution is -2.18. The van der Waals surface area contributed by atoms with Crippen LogP contribution in [-0.4, -0.2) is 4.98 Å². The molecule has 0 fully saturated rings. The summed E-state index contributed by atoms with van der Waals surface area (Å²) >= 11 is 1.71. The Hall–Kier alpha value is -1.65. The molecule has 110 valence electrons. The van der Waals surface area contributed by atoms with Crippen LogP contribution in [0.25, 0.3) is 11.0 Å². The number of nitrogens with one attached hydrogen (secondary N) is 1. The minimum absolute atomic E-state index is 0.252. The molecule has 0 aliphatic heterocycles. The van der Waals surface area contributed by atoms with Crippen molar-refractivity contribution in [2.24, 2.45) is 0 Å². The summed E-state index contributed by atoms with van der Waals surface area (Å²) in [6.07, 6.45) is 0.913. The van der Waals surface area contributed by atoms with Crippen molar-refractivity contribution in [1.29, 1.82) is 0 Å². The first-order chi connectivity index (χ1) is 10.2. The standard InChI is InChI=1S/C17H20N2OS/c1-4-15-14(13-7-5-6-8-16(13)20-15)9-18-12(3)17-19-11(2)10-21-17/h5-8,10,12,18H,4,9H2,1-3H3. The number of hydrogen-bond acceptors (Lipinski definition) is 4. The van der Waals surface area contributed by atoms with Crippen molar-refractivity contribution in [1.82, 2.24) is 10.3 Å². The van der Waals surface area contributed by atoms with E-state index in [0.717, 1.165) is 35.0 Å². The van der Waals surface area contributed by atoms with E-state index >= 15 is 0 Å². The zero-order valence-corrected chi connectivity index (χ0v) is 13.5. The van der Waals surface area contributed by atoms with Gasteiger partial charge in [0, 0.05) is 35.0 Å². The zero-order chi connectivity index (χ0) is 14.8. The number of nitrogens with zero attached hydrogens (tertiary/aromatic N) is 1. The molecular formula is C17H20N2OS. The minimum atomic E-state index is 0.252. The van der Waals surface area contributed by atoms with E-state index in [1.54, 1.807) is 11.3 Å². The van der Waals surface area contributed by atoms with Crippen molar-refractivity contribution in [3.63, 3.8) is 0 Å². The van der Waals surface area contributed by atoms with Crippen LogP contribution in [-0.2, 0) is 13.0 Å². The predicted octanol–water partition coefficient (Wildman–Crippen LogP) is 4.61. The van der Waals surface area contributed by atoms with Gasteiger partial charge in [-0.25, -0.2) is 4.98 Å². The fraction of sp³-hybridized carbons (Fsp3) is 0.353. The first-order valence-electron chi connectivity index (χ1n) is 7.33. The zero-order valence-electron chi connectivity index (χ0n) is 12.6. The highest BCUT2D eigenvalue weighted by Crippen LogP contribution is 2.27. The van der Waals surface area contributed by atoms with E-state index in [0.29, 0.717) is 0 Å².